The first kappa shape index (κ1) is 44.5. The van der Waals surface area contributed by atoms with Crippen molar-refractivity contribution in [2.75, 3.05) is 7.11 Å². The van der Waals surface area contributed by atoms with E-state index in [2.05, 4.69) is 133 Å². The SMILES string of the molecule is CCCCC[C@@H](/C=C/[C@@H]1[C@@H](C/C=C\CCCC(=O)OC)[C@@H](O[Si](C)(C)C(C)(C)C)C[C@H]1O[Si](C)(C)C(C)(C)C)O[Si](C)(C)C(C)(C)C. The van der Waals surface area contributed by atoms with Crippen molar-refractivity contribution in [3.05, 3.63) is 24.3 Å². The maximum absolute atomic E-state index is 11.6. The van der Waals surface area contributed by atoms with E-state index in [1.165, 1.54) is 26.4 Å². The molecule has 1 saturated carbocycles. The van der Waals surface area contributed by atoms with Gasteiger partial charge in [0.2, 0.25) is 0 Å². The molecule has 5 atom stereocenters. The molecule has 0 N–H and O–H groups in total. The van der Waals surface area contributed by atoms with Crippen LogP contribution in [-0.2, 0) is 22.8 Å². The average Bonchev–Trinajstić information content (AvgIpc) is 3.20. The molecule has 1 fully saturated rings. The molecule has 0 unspecified atom stereocenters. The Bertz CT molecular complexity index is 998. The van der Waals surface area contributed by atoms with Crippen LogP contribution in [0.2, 0.25) is 54.4 Å². The van der Waals surface area contributed by atoms with E-state index in [-0.39, 0.29) is 45.3 Å². The number of methoxy groups -OCH3 is 1. The topological polar surface area (TPSA) is 54.0 Å². The Morgan fingerprint density at radius 2 is 1.30 bits per heavy atom. The summed E-state index contributed by atoms with van der Waals surface area (Å²) in [5, 5.41) is 0.420. The lowest BCUT2D eigenvalue weighted by Gasteiger charge is -2.40. The molecule has 1 aliphatic rings. The van der Waals surface area contributed by atoms with Crippen LogP contribution in [0.3, 0.4) is 0 Å². The number of rotatable bonds is 18. The monoisotopic (exact) mass is 711 g/mol. The first-order valence-electron chi connectivity index (χ1n) is 18.7. The smallest absolute Gasteiger partial charge is 0.305 e. The summed E-state index contributed by atoms with van der Waals surface area (Å²) in [6, 6.07) is 0. The van der Waals surface area contributed by atoms with Gasteiger partial charge in [0, 0.05) is 12.3 Å². The van der Waals surface area contributed by atoms with Crippen molar-refractivity contribution < 1.29 is 22.8 Å². The summed E-state index contributed by atoms with van der Waals surface area (Å²) < 4.78 is 26.5. The molecule has 47 heavy (non-hydrogen) atoms. The van der Waals surface area contributed by atoms with Crippen LogP contribution in [0.4, 0.5) is 0 Å². The third kappa shape index (κ3) is 14.0. The second-order valence-corrected chi connectivity index (χ2v) is 33.1. The van der Waals surface area contributed by atoms with E-state index in [1.807, 2.05) is 0 Å². The standard InChI is InChI=1S/C39H78O5Si3/c1-18-19-22-25-31(42-45(12,13)37(2,3)4)28-29-33-32(26-23-20-21-24-27-36(40)41-11)34(43-46(14,15)38(5,6)7)30-35(33)44-47(16,17)39(8,9)10/h20,23,28-29,31-35H,18-19,21-22,24-27,30H2,1-17H3/b23-20-,29-28+/t31-,32+,33+,34-,35+/m0/s1. The van der Waals surface area contributed by atoms with Crippen molar-refractivity contribution in [1.82, 2.24) is 0 Å². The van der Waals surface area contributed by atoms with Gasteiger partial charge in [-0.1, -0.05) is 113 Å². The van der Waals surface area contributed by atoms with Crippen molar-refractivity contribution in [2.24, 2.45) is 11.8 Å². The Morgan fingerprint density at radius 3 is 1.79 bits per heavy atom. The Morgan fingerprint density at radius 1 is 0.766 bits per heavy atom. The highest BCUT2D eigenvalue weighted by Crippen LogP contribution is 2.48. The highest BCUT2D eigenvalue weighted by atomic mass is 28.4. The Kier molecular flexibility index (Phi) is 17.2. The highest BCUT2D eigenvalue weighted by Gasteiger charge is 2.50. The predicted octanol–water partition coefficient (Wildman–Crippen LogP) is 12.2. The second-order valence-electron chi connectivity index (χ2n) is 18.8. The number of carbonyl (C=O) groups excluding carboxylic acids is 1. The first-order valence-corrected chi connectivity index (χ1v) is 27.5. The largest absolute Gasteiger partial charge is 0.469 e. The maximum Gasteiger partial charge on any atom is 0.305 e. The number of unbranched alkanes of at least 4 members (excludes halogenated alkanes) is 3. The molecule has 0 saturated heterocycles. The summed E-state index contributed by atoms with van der Waals surface area (Å²) in [4.78, 5) is 11.6. The number of allylic oxidation sites excluding steroid dienone is 2. The molecule has 0 aromatic carbocycles. The van der Waals surface area contributed by atoms with Gasteiger partial charge in [-0.2, -0.15) is 0 Å². The van der Waals surface area contributed by atoms with E-state index in [9.17, 15) is 4.79 Å². The van der Waals surface area contributed by atoms with Gasteiger partial charge >= 0.3 is 5.97 Å². The summed E-state index contributed by atoms with van der Waals surface area (Å²) in [5.41, 5.74) is 0. The molecule has 0 aromatic rings. The summed E-state index contributed by atoms with van der Waals surface area (Å²) in [6.45, 7) is 37.6. The highest BCUT2D eigenvalue weighted by molar-refractivity contribution is 6.75. The Hall–Kier alpha value is -0.519. The molecule has 0 bridgehead atoms. The third-order valence-electron chi connectivity index (χ3n) is 11.8. The molecular weight excluding hydrogens is 633 g/mol. The van der Waals surface area contributed by atoms with Gasteiger partial charge in [0.25, 0.3) is 0 Å². The van der Waals surface area contributed by atoms with Crippen LogP contribution in [0.5, 0.6) is 0 Å². The Balaban J connectivity index is 3.60. The number of esters is 1. The van der Waals surface area contributed by atoms with Gasteiger partial charge in [0.1, 0.15) is 0 Å². The van der Waals surface area contributed by atoms with Crippen LogP contribution in [0, 0.1) is 11.8 Å². The van der Waals surface area contributed by atoms with Crippen molar-refractivity contribution >= 4 is 30.9 Å². The van der Waals surface area contributed by atoms with E-state index >= 15 is 0 Å². The lowest BCUT2D eigenvalue weighted by Crippen LogP contribution is -2.45. The summed E-state index contributed by atoms with van der Waals surface area (Å²) in [7, 11) is -4.56. The van der Waals surface area contributed by atoms with Crippen LogP contribution in [0.15, 0.2) is 24.3 Å². The molecule has 0 aliphatic heterocycles. The fourth-order valence-corrected chi connectivity index (χ4v) is 9.52. The molecule has 0 radical (unpaired) electrons. The zero-order valence-electron chi connectivity index (χ0n) is 34.1. The van der Waals surface area contributed by atoms with E-state index in [0.29, 0.717) is 12.3 Å². The number of hydrogen-bond donors (Lipinski definition) is 0. The molecule has 1 aliphatic carbocycles. The summed E-state index contributed by atoms with van der Waals surface area (Å²) in [5.74, 6) is 0.424. The van der Waals surface area contributed by atoms with E-state index < -0.39 is 25.0 Å². The van der Waals surface area contributed by atoms with Crippen LogP contribution in [0.1, 0.15) is 127 Å². The minimum absolute atomic E-state index is 0.115. The molecule has 0 spiro atoms. The van der Waals surface area contributed by atoms with Gasteiger partial charge in [0.15, 0.2) is 25.0 Å². The van der Waals surface area contributed by atoms with E-state index in [1.54, 1.807) is 0 Å². The van der Waals surface area contributed by atoms with Gasteiger partial charge < -0.3 is 18.0 Å². The predicted molar refractivity (Wildman–Crippen MR) is 211 cm³/mol. The second kappa shape index (κ2) is 18.1. The van der Waals surface area contributed by atoms with Crippen molar-refractivity contribution in [3.8, 4) is 0 Å². The fraction of sp³-hybridized carbons (Fsp3) is 0.872. The number of hydrogen-bond acceptors (Lipinski definition) is 5. The zero-order valence-corrected chi connectivity index (χ0v) is 37.1. The number of carbonyl (C=O) groups is 1. The fourth-order valence-electron chi connectivity index (χ4n) is 5.47. The lowest BCUT2D eigenvalue weighted by atomic mass is 9.89. The van der Waals surface area contributed by atoms with Gasteiger partial charge in [0.05, 0.1) is 25.4 Å². The maximum atomic E-state index is 11.6. The van der Waals surface area contributed by atoms with Crippen molar-refractivity contribution in [2.45, 2.75) is 200 Å². The van der Waals surface area contributed by atoms with Crippen molar-refractivity contribution in [3.63, 3.8) is 0 Å². The molecule has 0 heterocycles. The first-order chi connectivity index (χ1) is 21.3. The Labute approximate surface area is 295 Å². The quantitative estimate of drug-likeness (QED) is 0.0613. The minimum Gasteiger partial charge on any atom is -0.469 e. The number of ether oxygens (including phenoxy) is 1. The van der Waals surface area contributed by atoms with Crippen LogP contribution < -0.4 is 0 Å². The van der Waals surface area contributed by atoms with E-state index in [0.717, 1.165) is 32.1 Å². The summed E-state index contributed by atoms with van der Waals surface area (Å²) >= 11 is 0. The minimum atomic E-state index is -2.04. The molecule has 0 amide bonds. The summed E-state index contributed by atoms with van der Waals surface area (Å²) in [6.07, 6.45) is 18.6. The van der Waals surface area contributed by atoms with Crippen LogP contribution >= 0.6 is 0 Å². The lowest BCUT2D eigenvalue weighted by molar-refractivity contribution is -0.140. The van der Waals surface area contributed by atoms with Crippen molar-refractivity contribution in [1.29, 1.82) is 0 Å². The third-order valence-corrected chi connectivity index (χ3v) is 25.3. The van der Waals surface area contributed by atoms with Gasteiger partial charge in [-0.15, -0.1) is 0 Å². The normalized spacial score (nSPS) is 22.8. The average molecular weight is 711 g/mol. The van der Waals surface area contributed by atoms with Gasteiger partial charge in [-0.05, 0) is 92.4 Å². The van der Waals surface area contributed by atoms with Gasteiger partial charge in [-0.25, -0.2) is 0 Å². The molecule has 1 rings (SSSR count). The van der Waals surface area contributed by atoms with Crippen LogP contribution in [0.25, 0.3) is 0 Å². The molecule has 8 heteroatoms. The van der Waals surface area contributed by atoms with Gasteiger partial charge in [-0.3, -0.25) is 4.79 Å². The van der Waals surface area contributed by atoms with Crippen LogP contribution in [-0.4, -0.2) is 56.3 Å². The molecular formula is C39H78O5Si3. The molecule has 5 nitrogen and oxygen atoms in total. The van der Waals surface area contributed by atoms with E-state index in [4.69, 9.17) is 18.0 Å². The molecule has 0 aromatic heterocycles. The zero-order chi connectivity index (χ0) is 36.5. The molecule has 276 valence electrons.